The Morgan fingerprint density at radius 3 is 2.27 bits per heavy atom. The molecule has 84 valence electrons. The van der Waals surface area contributed by atoms with E-state index in [1.54, 1.807) is 18.2 Å². The van der Waals surface area contributed by atoms with Gasteiger partial charge in [-0.25, -0.2) is 8.78 Å². The average Bonchev–Trinajstić information content (AvgIpc) is 2.18. The van der Waals surface area contributed by atoms with Crippen molar-refractivity contribution in [2.45, 2.75) is 24.8 Å². The Hall–Kier alpha value is -1.00. The van der Waals surface area contributed by atoms with Gasteiger partial charge in [0.2, 0.25) is 0 Å². The van der Waals surface area contributed by atoms with Gasteiger partial charge < -0.3 is 10.8 Å². The van der Waals surface area contributed by atoms with E-state index in [9.17, 15) is 8.78 Å². The van der Waals surface area contributed by atoms with Crippen molar-refractivity contribution in [3.05, 3.63) is 35.9 Å². The summed E-state index contributed by atoms with van der Waals surface area (Å²) >= 11 is 0. The van der Waals surface area contributed by atoms with Gasteiger partial charge >= 0.3 is 0 Å². The summed E-state index contributed by atoms with van der Waals surface area (Å²) in [6.45, 7) is 0.944. The Morgan fingerprint density at radius 2 is 1.80 bits per heavy atom. The third kappa shape index (κ3) is 3.25. The van der Waals surface area contributed by atoms with Crippen LogP contribution in [0.4, 0.5) is 8.78 Å². The highest BCUT2D eigenvalue weighted by Crippen LogP contribution is 2.34. The number of rotatable bonds is 4. The van der Waals surface area contributed by atoms with E-state index in [4.69, 9.17) is 10.8 Å². The standard InChI is InChI=1S/C11H15F2NO/c1-10(14,8-15)7-11(12,13)9-5-3-2-4-6-9/h2-6,15H,7-8,14H2,1H3. The molecule has 0 radical (unpaired) electrons. The molecule has 0 saturated heterocycles. The highest BCUT2D eigenvalue weighted by Gasteiger charge is 2.38. The lowest BCUT2D eigenvalue weighted by Gasteiger charge is -2.27. The first kappa shape index (κ1) is 12.1. The molecule has 0 aliphatic carbocycles. The van der Waals surface area contributed by atoms with E-state index in [2.05, 4.69) is 0 Å². The molecular formula is C11H15F2NO. The van der Waals surface area contributed by atoms with Crippen molar-refractivity contribution in [2.75, 3.05) is 6.61 Å². The van der Waals surface area contributed by atoms with Gasteiger partial charge in [-0.1, -0.05) is 30.3 Å². The Bertz CT molecular complexity index is 312. The molecule has 0 bridgehead atoms. The normalized spacial score (nSPS) is 16.1. The minimum atomic E-state index is -3.01. The van der Waals surface area contributed by atoms with E-state index in [1.807, 2.05) is 0 Å². The number of hydrogen-bond acceptors (Lipinski definition) is 2. The van der Waals surface area contributed by atoms with Crippen molar-refractivity contribution in [1.29, 1.82) is 0 Å². The summed E-state index contributed by atoms with van der Waals surface area (Å²) in [6, 6.07) is 7.49. The van der Waals surface area contributed by atoms with Crippen molar-refractivity contribution in [3.63, 3.8) is 0 Å². The molecule has 0 aliphatic rings. The van der Waals surface area contributed by atoms with Crippen LogP contribution >= 0.6 is 0 Å². The van der Waals surface area contributed by atoms with Gasteiger partial charge in [0.05, 0.1) is 6.61 Å². The second-order valence-electron chi connectivity index (χ2n) is 4.06. The number of aliphatic hydroxyl groups is 1. The van der Waals surface area contributed by atoms with Crippen LogP contribution in [-0.2, 0) is 5.92 Å². The molecule has 1 unspecified atom stereocenters. The molecule has 3 N–H and O–H groups in total. The van der Waals surface area contributed by atoms with Crippen molar-refractivity contribution in [1.82, 2.24) is 0 Å². The van der Waals surface area contributed by atoms with E-state index in [0.717, 1.165) is 0 Å². The highest BCUT2D eigenvalue weighted by molar-refractivity contribution is 5.20. The van der Waals surface area contributed by atoms with Crippen molar-refractivity contribution < 1.29 is 13.9 Å². The zero-order chi connectivity index (χ0) is 11.5. The van der Waals surface area contributed by atoms with Crippen LogP contribution in [0.1, 0.15) is 18.9 Å². The Balaban J connectivity index is 2.85. The molecule has 1 aromatic carbocycles. The van der Waals surface area contributed by atoms with Gasteiger partial charge in [-0.05, 0) is 6.92 Å². The average molecular weight is 215 g/mol. The van der Waals surface area contributed by atoms with E-state index in [0.29, 0.717) is 0 Å². The van der Waals surface area contributed by atoms with E-state index in [1.165, 1.54) is 19.1 Å². The zero-order valence-electron chi connectivity index (χ0n) is 8.58. The molecular weight excluding hydrogens is 200 g/mol. The first-order valence-electron chi connectivity index (χ1n) is 4.70. The van der Waals surface area contributed by atoms with E-state index in [-0.39, 0.29) is 5.56 Å². The van der Waals surface area contributed by atoms with Crippen LogP contribution < -0.4 is 5.73 Å². The lowest BCUT2D eigenvalue weighted by atomic mass is 9.92. The van der Waals surface area contributed by atoms with Gasteiger partial charge in [0.25, 0.3) is 5.92 Å². The molecule has 1 rings (SSSR count). The van der Waals surface area contributed by atoms with E-state index >= 15 is 0 Å². The minimum Gasteiger partial charge on any atom is -0.394 e. The maximum Gasteiger partial charge on any atom is 0.275 e. The second kappa shape index (κ2) is 4.24. The Morgan fingerprint density at radius 1 is 1.27 bits per heavy atom. The molecule has 0 fully saturated rings. The van der Waals surface area contributed by atoms with Crippen molar-refractivity contribution in [2.24, 2.45) is 5.73 Å². The number of halogens is 2. The van der Waals surface area contributed by atoms with Gasteiger partial charge in [0.1, 0.15) is 0 Å². The number of alkyl halides is 2. The molecule has 0 aromatic heterocycles. The van der Waals surface area contributed by atoms with Crippen LogP contribution in [0.5, 0.6) is 0 Å². The van der Waals surface area contributed by atoms with Gasteiger partial charge in [0, 0.05) is 17.5 Å². The summed E-state index contributed by atoms with van der Waals surface area (Å²) < 4.78 is 27.3. The van der Waals surface area contributed by atoms with Crippen LogP contribution in [0.15, 0.2) is 30.3 Å². The van der Waals surface area contributed by atoms with Gasteiger partial charge in [-0.15, -0.1) is 0 Å². The SMILES string of the molecule is CC(N)(CO)CC(F)(F)c1ccccc1. The lowest BCUT2D eigenvalue weighted by Crippen LogP contribution is -2.44. The quantitative estimate of drug-likeness (QED) is 0.805. The van der Waals surface area contributed by atoms with Crippen molar-refractivity contribution >= 4 is 0 Å². The first-order valence-corrected chi connectivity index (χ1v) is 4.70. The molecule has 2 nitrogen and oxygen atoms in total. The van der Waals surface area contributed by atoms with Gasteiger partial charge in [-0.3, -0.25) is 0 Å². The monoisotopic (exact) mass is 215 g/mol. The maximum absolute atomic E-state index is 13.6. The molecule has 4 heteroatoms. The molecule has 1 atom stereocenters. The number of nitrogens with two attached hydrogens (primary N) is 1. The third-order valence-corrected chi connectivity index (χ3v) is 2.18. The van der Waals surface area contributed by atoms with Gasteiger partial charge in [0.15, 0.2) is 0 Å². The second-order valence-corrected chi connectivity index (χ2v) is 4.06. The predicted octanol–water partition coefficient (Wildman–Crippen LogP) is 1.88. The third-order valence-electron chi connectivity index (χ3n) is 2.18. The minimum absolute atomic E-state index is 0.0740. The zero-order valence-corrected chi connectivity index (χ0v) is 8.58. The number of benzene rings is 1. The smallest absolute Gasteiger partial charge is 0.275 e. The Kier molecular flexibility index (Phi) is 3.42. The fourth-order valence-electron chi connectivity index (χ4n) is 1.35. The molecule has 15 heavy (non-hydrogen) atoms. The molecule has 0 heterocycles. The summed E-state index contributed by atoms with van der Waals surface area (Å²) in [6.07, 6.45) is -0.569. The van der Waals surface area contributed by atoms with Crippen LogP contribution in [0, 0.1) is 0 Å². The van der Waals surface area contributed by atoms with Crippen LogP contribution in [0.25, 0.3) is 0 Å². The summed E-state index contributed by atoms with van der Waals surface area (Å²) in [5.74, 6) is -3.01. The fourth-order valence-corrected chi connectivity index (χ4v) is 1.35. The van der Waals surface area contributed by atoms with Gasteiger partial charge in [-0.2, -0.15) is 0 Å². The van der Waals surface area contributed by atoms with Crippen LogP contribution in [-0.4, -0.2) is 17.3 Å². The summed E-state index contributed by atoms with van der Waals surface area (Å²) in [5, 5.41) is 8.85. The summed E-state index contributed by atoms with van der Waals surface area (Å²) in [5.41, 5.74) is 4.17. The molecule has 0 aliphatic heterocycles. The lowest BCUT2D eigenvalue weighted by molar-refractivity contribution is -0.0396. The topological polar surface area (TPSA) is 46.2 Å². The van der Waals surface area contributed by atoms with Crippen LogP contribution in [0.3, 0.4) is 0 Å². The van der Waals surface area contributed by atoms with Crippen LogP contribution in [0.2, 0.25) is 0 Å². The maximum atomic E-state index is 13.6. The predicted molar refractivity (Wildman–Crippen MR) is 54.6 cm³/mol. The molecule has 0 spiro atoms. The number of aliphatic hydroxyl groups excluding tert-OH is 1. The largest absolute Gasteiger partial charge is 0.394 e. The van der Waals surface area contributed by atoms with E-state index < -0.39 is 24.5 Å². The molecule has 1 aromatic rings. The summed E-state index contributed by atoms with van der Waals surface area (Å²) in [4.78, 5) is 0. The Labute approximate surface area is 87.7 Å². The highest BCUT2D eigenvalue weighted by atomic mass is 19.3. The molecule has 0 amide bonds. The van der Waals surface area contributed by atoms with Crippen molar-refractivity contribution in [3.8, 4) is 0 Å². The molecule has 0 saturated carbocycles. The summed E-state index contributed by atoms with van der Waals surface area (Å²) in [7, 11) is 0. The first-order chi connectivity index (χ1) is 6.87. The fraction of sp³-hybridized carbons (Fsp3) is 0.455. The number of hydrogen-bond donors (Lipinski definition) is 2.